The van der Waals surface area contributed by atoms with Crippen LogP contribution in [0.25, 0.3) is 0 Å². The molecule has 8 heteroatoms. The van der Waals surface area contributed by atoms with Gasteiger partial charge in [-0.1, -0.05) is 34.6 Å². The van der Waals surface area contributed by atoms with Crippen molar-refractivity contribution in [3.63, 3.8) is 0 Å². The van der Waals surface area contributed by atoms with E-state index in [0.29, 0.717) is 19.4 Å². The Morgan fingerprint density at radius 3 is 2.41 bits per heavy atom. The molecule has 0 aromatic rings. The number of hydrogen-bond donors (Lipinski definition) is 3. The number of fused-ring (bicyclic) bond motifs is 1. The Morgan fingerprint density at radius 1 is 1.21 bits per heavy atom. The number of aliphatic hydroxyl groups excluding tert-OH is 1. The van der Waals surface area contributed by atoms with Crippen LogP contribution in [0.1, 0.15) is 81.1 Å². The highest BCUT2D eigenvalue weighted by Crippen LogP contribution is 2.65. The van der Waals surface area contributed by atoms with Gasteiger partial charge in [0.25, 0.3) is 0 Å². The lowest BCUT2D eigenvalue weighted by atomic mass is 9.62. The second kappa shape index (κ2) is 9.08. The van der Waals surface area contributed by atoms with E-state index in [1.807, 2.05) is 34.6 Å². The van der Waals surface area contributed by atoms with E-state index in [0.717, 1.165) is 12.8 Å². The number of nitrogens with zero attached hydrogens (tertiary/aromatic N) is 1. The summed E-state index contributed by atoms with van der Waals surface area (Å²) in [6.07, 6.45) is 2.47. The Morgan fingerprint density at radius 2 is 1.85 bits per heavy atom. The largest absolute Gasteiger partial charge is 0.396 e. The molecule has 3 amide bonds. The average molecular weight is 480 g/mol. The van der Waals surface area contributed by atoms with E-state index >= 15 is 0 Å². The Hall–Kier alpha value is -1.67. The summed E-state index contributed by atoms with van der Waals surface area (Å²) in [4.78, 5) is 42.6. The van der Waals surface area contributed by atoms with Crippen LogP contribution in [0, 0.1) is 23.2 Å². The predicted molar refractivity (Wildman–Crippen MR) is 130 cm³/mol. The van der Waals surface area contributed by atoms with Crippen LogP contribution in [0.5, 0.6) is 0 Å². The van der Waals surface area contributed by atoms with E-state index < -0.39 is 34.6 Å². The van der Waals surface area contributed by atoms with Crippen LogP contribution in [0.4, 0.5) is 0 Å². The molecule has 3 saturated heterocycles. The zero-order valence-corrected chi connectivity index (χ0v) is 22.3. The molecular formula is C26H45N3O5. The zero-order valence-electron chi connectivity index (χ0n) is 22.3. The summed E-state index contributed by atoms with van der Waals surface area (Å²) in [5.74, 6) is -1.96. The fraction of sp³-hybridized carbons (Fsp3) is 0.885. The van der Waals surface area contributed by atoms with Gasteiger partial charge in [-0.25, -0.2) is 0 Å². The molecule has 6 atom stereocenters. The SMILES string of the molecule is CCCNC(=O)[C@@H]1[C@H]2C(=O)N(CCCO)C(C(=O)NC(C)(C)CC(C)(C)C)C23CC(C)[C@@]1(C)O3. The number of aliphatic hydroxyl groups is 1. The highest BCUT2D eigenvalue weighted by Gasteiger charge is 2.79. The van der Waals surface area contributed by atoms with Crippen molar-refractivity contribution in [2.75, 3.05) is 19.7 Å². The number of amides is 3. The number of hydrogen-bond acceptors (Lipinski definition) is 5. The summed E-state index contributed by atoms with van der Waals surface area (Å²) in [6, 6.07) is -0.830. The molecule has 194 valence electrons. The van der Waals surface area contributed by atoms with Gasteiger partial charge in [-0.2, -0.15) is 0 Å². The van der Waals surface area contributed by atoms with E-state index in [1.54, 1.807) is 4.90 Å². The quantitative estimate of drug-likeness (QED) is 0.470. The van der Waals surface area contributed by atoms with Crippen LogP contribution in [-0.4, -0.2) is 70.2 Å². The van der Waals surface area contributed by atoms with Gasteiger partial charge in [-0.15, -0.1) is 0 Å². The van der Waals surface area contributed by atoms with Crippen LogP contribution in [0.2, 0.25) is 0 Å². The third-order valence-electron chi connectivity index (χ3n) is 7.89. The zero-order chi connectivity index (χ0) is 25.7. The summed E-state index contributed by atoms with van der Waals surface area (Å²) in [7, 11) is 0. The predicted octanol–water partition coefficient (Wildman–Crippen LogP) is 2.24. The van der Waals surface area contributed by atoms with Gasteiger partial charge < -0.3 is 25.4 Å². The van der Waals surface area contributed by atoms with Crippen LogP contribution in [0.15, 0.2) is 0 Å². The van der Waals surface area contributed by atoms with Gasteiger partial charge in [0.2, 0.25) is 17.7 Å². The van der Waals surface area contributed by atoms with E-state index in [2.05, 4.69) is 31.4 Å². The minimum Gasteiger partial charge on any atom is -0.396 e. The normalized spacial score (nSPS) is 35.0. The lowest BCUT2D eigenvalue weighted by molar-refractivity contribution is -0.148. The van der Waals surface area contributed by atoms with E-state index in [-0.39, 0.29) is 42.2 Å². The van der Waals surface area contributed by atoms with Gasteiger partial charge in [0, 0.05) is 25.2 Å². The molecule has 3 aliphatic heterocycles. The van der Waals surface area contributed by atoms with Gasteiger partial charge in [0.1, 0.15) is 11.6 Å². The lowest BCUT2D eigenvalue weighted by Crippen LogP contribution is -2.59. The molecule has 3 unspecified atom stereocenters. The van der Waals surface area contributed by atoms with Gasteiger partial charge in [0.05, 0.1) is 17.4 Å². The van der Waals surface area contributed by atoms with Crippen LogP contribution < -0.4 is 10.6 Å². The van der Waals surface area contributed by atoms with Gasteiger partial charge in [-0.3, -0.25) is 14.4 Å². The summed E-state index contributed by atoms with van der Waals surface area (Å²) in [6.45, 7) is 17.0. The molecule has 3 rings (SSSR count). The summed E-state index contributed by atoms with van der Waals surface area (Å²) < 4.78 is 6.68. The van der Waals surface area contributed by atoms with E-state index in [9.17, 15) is 19.5 Å². The molecule has 3 aliphatic rings. The van der Waals surface area contributed by atoms with Crippen molar-refractivity contribution >= 4 is 17.7 Å². The summed E-state index contributed by atoms with van der Waals surface area (Å²) in [5, 5.41) is 15.6. The van der Waals surface area contributed by atoms with Crippen LogP contribution in [-0.2, 0) is 19.1 Å². The highest BCUT2D eigenvalue weighted by atomic mass is 16.5. The lowest BCUT2D eigenvalue weighted by Gasteiger charge is -2.38. The average Bonchev–Trinajstić information content (AvgIpc) is 3.19. The first-order valence-electron chi connectivity index (χ1n) is 12.8. The molecule has 3 heterocycles. The Kier molecular flexibility index (Phi) is 7.19. The number of likely N-dealkylation sites (tertiary alicyclic amines) is 1. The number of nitrogens with one attached hydrogen (secondary N) is 2. The first-order valence-corrected chi connectivity index (χ1v) is 12.8. The number of ether oxygens (including phenoxy) is 1. The minimum atomic E-state index is -1.04. The third kappa shape index (κ3) is 4.48. The maximum atomic E-state index is 13.9. The fourth-order valence-electron chi connectivity index (χ4n) is 7.05. The van der Waals surface area contributed by atoms with Gasteiger partial charge in [0.15, 0.2) is 0 Å². The molecule has 1 spiro atoms. The topological polar surface area (TPSA) is 108 Å². The number of carbonyl (C=O) groups is 3. The van der Waals surface area contributed by atoms with E-state index in [1.165, 1.54) is 0 Å². The van der Waals surface area contributed by atoms with Crippen LogP contribution in [0.3, 0.4) is 0 Å². The molecule has 3 N–H and O–H groups in total. The van der Waals surface area contributed by atoms with Crippen molar-refractivity contribution in [2.24, 2.45) is 23.2 Å². The Balaban J connectivity index is 2.01. The van der Waals surface area contributed by atoms with Crippen molar-refractivity contribution in [1.29, 1.82) is 0 Å². The van der Waals surface area contributed by atoms with Crippen molar-refractivity contribution < 1.29 is 24.2 Å². The Labute approximate surface area is 204 Å². The third-order valence-corrected chi connectivity index (χ3v) is 7.89. The molecule has 0 saturated carbocycles. The first kappa shape index (κ1) is 26.9. The maximum absolute atomic E-state index is 13.9. The van der Waals surface area contributed by atoms with Crippen LogP contribution >= 0.6 is 0 Å². The first-order chi connectivity index (χ1) is 15.6. The molecule has 0 radical (unpaired) electrons. The highest BCUT2D eigenvalue weighted by molar-refractivity contribution is 5.99. The smallest absolute Gasteiger partial charge is 0.246 e. The van der Waals surface area contributed by atoms with E-state index in [4.69, 9.17) is 4.74 Å². The minimum absolute atomic E-state index is 0.00639. The Bertz CT molecular complexity index is 822. The summed E-state index contributed by atoms with van der Waals surface area (Å²) in [5.41, 5.74) is -2.33. The van der Waals surface area contributed by atoms with Crippen molar-refractivity contribution in [1.82, 2.24) is 15.5 Å². The maximum Gasteiger partial charge on any atom is 0.246 e. The molecule has 34 heavy (non-hydrogen) atoms. The monoisotopic (exact) mass is 479 g/mol. The van der Waals surface area contributed by atoms with Crippen molar-refractivity contribution in [3.05, 3.63) is 0 Å². The fourth-order valence-corrected chi connectivity index (χ4v) is 7.05. The molecule has 0 aromatic heterocycles. The van der Waals surface area contributed by atoms with Crippen molar-refractivity contribution in [2.45, 2.75) is 104 Å². The molecular weight excluding hydrogens is 434 g/mol. The second-order valence-electron chi connectivity index (χ2n) is 12.7. The second-order valence-corrected chi connectivity index (χ2v) is 12.7. The molecule has 3 fully saturated rings. The van der Waals surface area contributed by atoms with Gasteiger partial charge in [-0.05, 0) is 57.8 Å². The standard InChI is InChI=1S/C26H45N3O5/c1-9-11-27-20(31)17-18-22(33)29(12-10-13-30)19(26(18)14-16(2)25(17,8)34-26)21(32)28-24(6,7)15-23(3,4)5/h16-19,30H,9-15H2,1-8H3,(H,27,31)(H,28,32)/t16?,17-,18-,19?,25+,26?/m0/s1. The number of carbonyl (C=O) groups excluding carboxylic acids is 3. The molecule has 0 aromatic carbocycles. The molecule has 2 bridgehead atoms. The van der Waals surface area contributed by atoms with Crippen molar-refractivity contribution in [3.8, 4) is 0 Å². The van der Waals surface area contributed by atoms with Gasteiger partial charge >= 0.3 is 0 Å². The molecule has 0 aliphatic carbocycles. The summed E-state index contributed by atoms with van der Waals surface area (Å²) >= 11 is 0. The number of rotatable bonds is 9. The molecule has 8 nitrogen and oxygen atoms in total.